The molecule has 0 aliphatic heterocycles. The molecule has 2 fully saturated rings. The minimum absolute atomic E-state index is 0.166. The molecule has 4 aliphatic carbocycles. The summed E-state index contributed by atoms with van der Waals surface area (Å²) in [5.74, 6) is -4.19. The van der Waals surface area contributed by atoms with Crippen LogP contribution in [0.25, 0.3) is 0 Å². The largest absolute Gasteiger partial charge is 0.299 e. The average molecular weight is 628 g/mol. The molecule has 0 spiro atoms. The van der Waals surface area contributed by atoms with E-state index in [2.05, 4.69) is 0 Å². The van der Waals surface area contributed by atoms with E-state index in [-0.39, 0.29) is 20.1 Å². The highest BCUT2D eigenvalue weighted by molar-refractivity contribution is 6.69. The lowest BCUT2D eigenvalue weighted by atomic mass is 9.71. The van der Waals surface area contributed by atoms with E-state index < -0.39 is 51.7 Å². The van der Waals surface area contributed by atoms with Gasteiger partial charge < -0.3 is 0 Å². The maximum Gasteiger partial charge on any atom is 0.167 e. The number of carbonyl (C=O) groups excluding carboxylic acids is 1. The van der Waals surface area contributed by atoms with Crippen LogP contribution in [0.1, 0.15) is 6.92 Å². The van der Waals surface area contributed by atoms with Gasteiger partial charge in [0.2, 0.25) is 0 Å². The van der Waals surface area contributed by atoms with E-state index in [0.717, 1.165) is 0 Å². The highest BCUT2D eigenvalue weighted by Crippen LogP contribution is 2.84. The number of alkyl halides is 8. The van der Waals surface area contributed by atoms with E-state index in [0.29, 0.717) is 0 Å². The summed E-state index contributed by atoms with van der Waals surface area (Å²) in [6.45, 7) is 1.48. The summed E-state index contributed by atoms with van der Waals surface area (Å²) in [5.41, 5.74) is 0. The molecule has 13 heteroatoms. The predicted octanol–water partition coefficient (Wildman–Crippen LogP) is 8.12. The van der Waals surface area contributed by atoms with Gasteiger partial charge in [-0.25, -0.2) is 0 Å². The summed E-state index contributed by atoms with van der Waals surface area (Å²) in [6, 6.07) is 0. The van der Waals surface area contributed by atoms with Crippen LogP contribution >= 0.6 is 139 Å². The van der Waals surface area contributed by atoms with Gasteiger partial charge in [-0.1, -0.05) is 99.7 Å². The second-order valence-corrected chi connectivity index (χ2v) is 13.9. The number of allylic oxidation sites excluding steroid dienone is 4. The third-order valence-electron chi connectivity index (χ3n) is 6.44. The Balaban J connectivity index is 2.20. The molecule has 0 heterocycles. The molecule has 28 heavy (non-hydrogen) atoms. The van der Waals surface area contributed by atoms with Crippen LogP contribution in [0, 0.1) is 17.8 Å². The lowest BCUT2D eigenvalue weighted by Crippen LogP contribution is -2.59. The summed E-state index contributed by atoms with van der Waals surface area (Å²) >= 11 is 79.9. The van der Waals surface area contributed by atoms with E-state index in [1.165, 1.54) is 6.92 Å². The summed E-state index contributed by atoms with van der Waals surface area (Å²) < 4.78 is -4.18. The van der Waals surface area contributed by atoms with Gasteiger partial charge in [0.15, 0.2) is 8.67 Å². The average Bonchev–Trinajstić information content (AvgIpc) is 2.86. The van der Waals surface area contributed by atoms with Gasteiger partial charge in [-0.3, -0.25) is 4.79 Å². The van der Waals surface area contributed by atoms with Crippen molar-refractivity contribution in [2.24, 2.45) is 17.8 Å². The fraction of sp³-hybridized carbons (Fsp3) is 0.667. The maximum absolute atomic E-state index is 13.6. The molecule has 0 saturated heterocycles. The van der Waals surface area contributed by atoms with Crippen molar-refractivity contribution in [2.45, 2.75) is 35.1 Å². The second-order valence-electron chi connectivity index (χ2n) is 7.33. The Morgan fingerprint density at radius 2 is 0.929 bits per heavy atom. The standard InChI is InChI=1S/C15H6Cl12O/c1-2-4(28)3-5(12(22)8(18)6(16)10(2,20)14(12,24)25)13(23)9(19)7(17)11(3,21)15(13,26)27/h2-3,5H,1H3/t2-,3-,5-,10-,11-,12-,13-/m1/s1. The fourth-order valence-electron chi connectivity index (χ4n) is 4.97. The van der Waals surface area contributed by atoms with Crippen molar-refractivity contribution in [1.82, 2.24) is 0 Å². The van der Waals surface area contributed by atoms with Gasteiger partial charge in [-0.15, -0.1) is 46.4 Å². The Kier molecular flexibility index (Phi) is 5.26. The monoisotopic (exact) mass is 622 g/mol. The molecule has 4 bridgehead atoms. The molecule has 156 valence electrons. The number of carbonyl (C=O) groups is 1. The molecular weight excluding hydrogens is 622 g/mol. The minimum atomic E-state index is -2.11. The van der Waals surface area contributed by atoms with Crippen LogP contribution in [0.15, 0.2) is 20.1 Å². The van der Waals surface area contributed by atoms with E-state index in [1.54, 1.807) is 0 Å². The zero-order valence-corrected chi connectivity index (χ0v) is 22.2. The van der Waals surface area contributed by atoms with Gasteiger partial charge in [-0.2, -0.15) is 0 Å². The molecule has 4 aliphatic rings. The molecule has 0 amide bonds. The topological polar surface area (TPSA) is 17.1 Å². The maximum atomic E-state index is 13.6. The van der Waals surface area contributed by atoms with Gasteiger partial charge in [0.1, 0.15) is 25.3 Å². The van der Waals surface area contributed by atoms with Crippen LogP contribution in [0.4, 0.5) is 0 Å². The number of rotatable bonds is 0. The van der Waals surface area contributed by atoms with Crippen LogP contribution in [0.2, 0.25) is 0 Å². The van der Waals surface area contributed by atoms with Gasteiger partial charge in [-0.05, 0) is 0 Å². The first-order chi connectivity index (χ1) is 12.4. The summed E-state index contributed by atoms with van der Waals surface area (Å²) in [7, 11) is 0. The molecule has 1 nitrogen and oxygen atoms in total. The molecule has 0 aromatic carbocycles. The van der Waals surface area contributed by atoms with Gasteiger partial charge >= 0.3 is 0 Å². The SMILES string of the molecule is C[C@@H]1C(=O)[C@@H]2[C@H]([C@@]3(Cl)C(Cl)=C(Cl)[C@@]1(Cl)C3(Cl)Cl)[C@@]1(Cl)C(Cl)=C(Cl)[C@@]2(Cl)C1(Cl)Cl. The van der Waals surface area contributed by atoms with Crippen molar-refractivity contribution >= 4 is 145 Å². The molecule has 7 atom stereocenters. The number of halogens is 12. The van der Waals surface area contributed by atoms with Gasteiger partial charge in [0.05, 0.1) is 26.0 Å². The Labute approximate surface area is 220 Å². The first-order valence-electron chi connectivity index (χ1n) is 7.61. The minimum Gasteiger partial charge on any atom is -0.299 e. The zero-order chi connectivity index (χ0) is 21.6. The number of hydrogen-bond acceptors (Lipinski definition) is 1. The van der Waals surface area contributed by atoms with Crippen molar-refractivity contribution in [1.29, 1.82) is 0 Å². The molecule has 4 rings (SSSR count). The van der Waals surface area contributed by atoms with Crippen LogP contribution in [0.5, 0.6) is 0 Å². The van der Waals surface area contributed by atoms with Crippen molar-refractivity contribution in [3.05, 3.63) is 20.1 Å². The fourth-order valence-corrected chi connectivity index (χ4v) is 11.1. The molecule has 0 aromatic rings. The van der Waals surface area contributed by atoms with E-state index in [9.17, 15) is 4.79 Å². The van der Waals surface area contributed by atoms with E-state index in [4.69, 9.17) is 139 Å². The number of Topliss-reactive ketones (excluding diaryl/α,β-unsaturated/α-hetero) is 1. The lowest BCUT2D eigenvalue weighted by molar-refractivity contribution is -0.128. The molecule has 0 N–H and O–H groups in total. The summed E-state index contributed by atoms with van der Waals surface area (Å²) in [4.78, 5) is 5.86. The second kappa shape index (κ2) is 6.19. The zero-order valence-electron chi connectivity index (χ0n) is 13.2. The first-order valence-corrected chi connectivity index (χ1v) is 12.2. The molecule has 0 radical (unpaired) electrons. The first kappa shape index (κ1) is 23.8. The third-order valence-corrected chi connectivity index (χ3v) is 15.0. The van der Waals surface area contributed by atoms with Gasteiger partial charge in [0.25, 0.3) is 0 Å². The van der Waals surface area contributed by atoms with Crippen LogP contribution in [-0.4, -0.2) is 33.9 Å². The van der Waals surface area contributed by atoms with Crippen LogP contribution in [-0.2, 0) is 4.79 Å². The van der Waals surface area contributed by atoms with E-state index in [1.807, 2.05) is 0 Å². The Morgan fingerprint density at radius 1 is 0.607 bits per heavy atom. The highest BCUT2D eigenvalue weighted by atomic mass is 35.5. The van der Waals surface area contributed by atoms with Crippen molar-refractivity contribution in [3.8, 4) is 0 Å². The smallest absolute Gasteiger partial charge is 0.167 e. The van der Waals surface area contributed by atoms with Crippen molar-refractivity contribution in [3.63, 3.8) is 0 Å². The molecular formula is C15H6Cl12O. The Morgan fingerprint density at radius 3 is 1.36 bits per heavy atom. The Hall–Kier alpha value is 2.63. The molecule has 0 aromatic heterocycles. The van der Waals surface area contributed by atoms with E-state index >= 15 is 0 Å². The predicted molar refractivity (Wildman–Crippen MR) is 122 cm³/mol. The van der Waals surface area contributed by atoms with Crippen molar-refractivity contribution < 1.29 is 4.79 Å². The van der Waals surface area contributed by atoms with Crippen molar-refractivity contribution in [2.75, 3.05) is 0 Å². The normalized spacial score (nSPS) is 53.8. The molecule has 0 unspecified atom stereocenters. The Bertz CT molecular complexity index is 909. The van der Waals surface area contributed by atoms with Crippen LogP contribution < -0.4 is 0 Å². The third kappa shape index (κ3) is 1.92. The number of fused-ring (bicyclic) bond motifs is 8. The van der Waals surface area contributed by atoms with Gasteiger partial charge in [0, 0.05) is 11.8 Å². The molecule has 2 saturated carbocycles. The summed E-state index contributed by atoms with van der Waals surface area (Å²) in [6.07, 6.45) is 0. The number of ketones is 1. The lowest BCUT2D eigenvalue weighted by Gasteiger charge is -2.47. The summed E-state index contributed by atoms with van der Waals surface area (Å²) in [5, 5.41) is -0.720. The quantitative estimate of drug-likeness (QED) is 0.248. The van der Waals surface area contributed by atoms with Crippen LogP contribution in [0.3, 0.4) is 0 Å². The highest BCUT2D eigenvalue weighted by Gasteiger charge is 2.92. The number of hydrogen-bond donors (Lipinski definition) is 0.